The van der Waals surface area contributed by atoms with Crippen LogP contribution in [0.3, 0.4) is 0 Å². The number of amides is 1. The fourth-order valence-electron chi connectivity index (χ4n) is 1.25. The normalized spacial score (nSPS) is 12.5. The summed E-state index contributed by atoms with van der Waals surface area (Å²) in [5.74, 6) is 0.234. The average Bonchev–Trinajstić information content (AvgIpc) is 2.45. The lowest BCUT2D eigenvalue weighted by atomic mass is 10.3. The number of aryl methyl sites for hydroxylation is 2. The summed E-state index contributed by atoms with van der Waals surface area (Å²) in [6.45, 7) is 6.14. The van der Waals surface area contributed by atoms with Gasteiger partial charge >= 0.3 is 0 Å². The first-order valence-electron chi connectivity index (χ1n) is 4.86. The van der Waals surface area contributed by atoms with Crippen LogP contribution in [-0.4, -0.2) is 21.7 Å². The number of nitrogens with two attached hydrogens (primary N) is 2. The Morgan fingerprint density at radius 1 is 1.67 bits per heavy atom. The fourth-order valence-corrected chi connectivity index (χ4v) is 1.25. The predicted octanol–water partition coefficient (Wildman–Crippen LogP) is 0.0793. The lowest BCUT2D eigenvalue weighted by Gasteiger charge is -2.13. The van der Waals surface area contributed by atoms with Gasteiger partial charge in [-0.25, -0.2) is 4.68 Å². The van der Waals surface area contributed by atoms with E-state index in [0.717, 1.165) is 5.69 Å². The molecule has 0 saturated carbocycles. The summed E-state index contributed by atoms with van der Waals surface area (Å²) in [4.78, 5) is 10.9. The third-order valence-corrected chi connectivity index (χ3v) is 2.25. The first-order valence-corrected chi connectivity index (χ1v) is 4.86. The number of hydrogen-bond donors (Lipinski definition) is 3. The summed E-state index contributed by atoms with van der Waals surface area (Å²) >= 11 is 0. The zero-order valence-corrected chi connectivity index (χ0v) is 9.24. The van der Waals surface area contributed by atoms with Gasteiger partial charge in [0.1, 0.15) is 11.9 Å². The van der Waals surface area contributed by atoms with Gasteiger partial charge in [-0.1, -0.05) is 0 Å². The zero-order chi connectivity index (χ0) is 11.6. The summed E-state index contributed by atoms with van der Waals surface area (Å²) in [5.41, 5.74) is 12.3. The van der Waals surface area contributed by atoms with Gasteiger partial charge in [0.05, 0.1) is 11.4 Å². The topological polar surface area (TPSA) is 99.0 Å². The van der Waals surface area contributed by atoms with E-state index >= 15 is 0 Å². The minimum Gasteiger partial charge on any atom is -0.394 e. The molecule has 0 saturated heterocycles. The van der Waals surface area contributed by atoms with Gasteiger partial charge in [-0.2, -0.15) is 5.10 Å². The Labute approximate surface area is 88.6 Å². The molecule has 1 rings (SSSR count). The largest absolute Gasteiger partial charge is 0.394 e. The molecule has 0 aliphatic carbocycles. The molecular formula is C9H17N5O. The second-order valence-electron chi connectivity index (χ2n) is 3.43. The Morgan fingerprint density at radius 2 is 2.27 bits per heavy atom. The molecule has 0 spiro atoms. The molecule has 1 unspecified atom stereocenters. The standard InChI is InChI=1S/C9H17N5O/c1-4-14-9(7(10)5(2)13-14)12-6(3)8(11)15/h6,12H,4,10H2,1-3H3,(H2,11,15). The average molecular weight is 211 g/mol. The van der Waals surface area contributed by atoms with Crippen LogP contribution in [0.5, 0.6) is 0 Å². The number of aromatic nitrogens is 2. The van der Waals surface area contributed by atoms with E-state index < -0.39 is 11.9 Å². The molecule has 1 aromatic rings. The molecule has 1 amide bonds. The lowest BCUT2D eigenvalue weighted by molar-refractivity contribution is -0.118. The zero-order valence-electron chi connectivity index (χ0n) is 9.24. The maximum atomic E-state index is 10.9. The number of nitrogen functional groups attached to an aromatic ring is 1. The van der Waals surface area contributed by atoms with Crippen LogP contribution in [0.2, 0.25) is 0 Å². The molecule has 84 valence electrons. The van der Waals surface area contributed by atoms with Crippen molar-refractivity contribution in [3.8, 4) is 0 Å². The molecule has 0 aliphatic heterocycles. The van der Waals surface area contributed by atoms with Crippen LogP contribution in [0.15, 0.2) is 0 Å². The van der Waals surface area contributed by atoms with Crippen molar-refractivity contribution in [2.75, 3.05) is 11.1 Å². The SMILES string of the molecule is CCn1nc(C)c(N)c1NC(C)C(N)=O. The van der Waals surface area contributed by atoms with Gasteiger partial charge in [0, 0.05) is 6.54 Å². The van der Waals surface area contributed by atoms with Crippen molar-refractivity contribution in [3.05, 3.63) is 5.69 Å². The number of nitrogens with zero attached hydrogens (tertiary/aromatic N) is 2. The van der Waals surface area contributed by atoms with Crippen molar-refractivity contribution in [1.29, 1.82) is 0 Å². The number of anilines is 2. The summed E-state index contributed by atoms with van der Waals surface area (Å²) in [5, 5.41) is 7.17. The molecule has 0 aromatic carbocycles. The predicted molar refractivity (Wildman–Crippen MR) is 59.3 cm³/mol. The molecule has 6 heteroatoms. The Balaban J connectivity index is 2.97. The van der Waals surface area contributed by atoms with Crippen molar-refractivity contribution in [3.63, 3.8) is 0 Å². The molecule has 1 atom stereocenters. The van der Waals surface area contributed by atoms with Crippen LogP contribution >= 0.6 is 0 Å². The van der Waals surface area contributed by atoms with Crippen LogP contribution < -0.4 is 16.8 Å². The Bertz CT molecular complexity index is 371. The Morgan fingerprint density at radius 3 is 2.73 bits per heavy atom. The van der Waals surface area contributed by atoms with E-state index in [1.54, 1.807) is 11.6 Å². The summed E-state index contributed by atoms with van der Waals surface area (Å²) in [6, 6.07) is -0.464. The summed E-state index contributed by atoms with van der Waals surface area (Å²) in [6.07, 6.45) is 0. The van der Waals surface area contributed by atoms with Gasteiger partial charge in [-0.15, -0.1) is 0 Å². The van der Waals surface area contributed by atoms with Crippen molar-refractivity contribution in [1.82, 2.24) is 9.78 Å². The second kappa shape index (κ2) is 4.20. The highest BCUT2D eigenvalue weighted by Gasteiger charge is 2.15. The van der Waals surface area contributed by atoms with Crippen molar-refractivity contribution in [2.24, 2.45) is 5.73 Å². The van der Waals surface area contributed by atoms with Gasteiger partial charge in [-0.3, -0.25) is 4.79 Å². The monoisotopic (exact) mass is 211 g/mol. The first-order chi connectivity index (χ1) is 6.97. The summed E-state index contributed by atoms with van der Waals surface area (Å²) < 4.78 is 1.71. The quantitative estimate of drug-likeness (QED) is 0.656. The van der Waals surface area contributed by atoms with E-state index in [1.165, 1.54) is 0 Å². The van der Waals surface area contributed by atoms with Gasteiger partial charge in [0.15, 0.2) is 0 Å². The minimum absolute atomic E-state index is 0.420. The molecule has 0 bridgehead atoms. The summed E-state index contributed by atoms with van der Waals surface area (Å²) in [7, 11) is 0. The highest BCUT2D eigenvalue weighted by Crippen LogP contribution is 2.22. The van der Waals surface area contributed by atoms with Crippen molar-refractivity contribution >= 4 is 17.4 Å². The maximum absolute atomic E-state index is 10.9. The molecule has 6 nitrogen and oxygen atoms in total. The lowest BCUT2D eigenvalue weighted by Crippen LogP contribution is -2.33. The molecule has 0 aliphatic rings. The van der Waals surface area contributed by atoms with E-state index in [0.29, 0.717) is 18.1 Å². The molecule has 1 heterocycles. The van der Waals surface area contributed by atoms with E-state index in [-0.39, 0.29) is 0 Å². The number of primary amides is 1. The second-order valence-corrected chi connectivity index (χ2v) is 3.43. The van der Waals surface area contributed by atoms with Crippen LogP contribution in [0, 0.1) is 6.92 Å². The van der Waals surface area contributed by atoms with Gasteiger partial charge in [-0.05, 0) is 20.8 Å². The third kappa shape index (κ3) is 2.20. The van der Waals surface area contributed by atoms with Crippen molar-refractivity contribution < 1.29 is 4.79 Å². The molecular weight excluding hydrogens is 194 g/mol. The Hall–Kier alpha value is -1.72. The van der Waals surface area contributed by atoms with Crippen molar-refractivity contribution in [2.45, 2.75) is 33.4 Å². The van der Waals surface area contributed by atoms with E-state index in [1.807, 2.05) is 13.8 Å². The fraction of sp³-hybridized carbons (Fsp3) is 0.556. The Kier molecular flexibility index (Phi) is 3.18. The van der Waals surface area contributed by atoms with E-state index in [2.05, 4.69) is 10.4 Å². The molecule has 0 fully saturated rings. The molecule has 5 N–H and O–H groups in total. The highest BCUT2D eigenvalue weighted by molar-refractivity contribution is 5.83. The van der Waals surface area contributed by atoms with Crippen LogP contribution in [0.25, 0.3) is 0 Å². The van der Waals surface area contributed by atoms with Gasteiger partial charge in [0.25, 0.3) is 0 Å². The first kappa shape index (κ1) is 11.4. The van der Waals surface area contributed by atoms with Crippen LogP contribution in [0.4, 0.5) is 11.5 Å². The number of carbonyl (C=O) groups is 1. The third-order valence-electron chi connectivity index (χ3n) is 2.25. The minimum atomic E-state index is -0.464. The maximum Gasteiger partial charge on any atom is 0.239 e. The van der Waals surface area contributed by atoms with Gasteiger partial charge < -0.3 is 16.8 Å². The molecule has 1 aromatic heterocycles. The number of nitrogens with one attached hydrogen (secondary N) is 1. The van der Waals surface area contributed by atoms with Crippen LogP contribution in [-0.2, 0) is 11.3 Å². The van der Waals surface area contributed by atoms with E-state index in [9.17, 15) is 4.79 Å². The molecule has 15 heavy (non-hydrogen) atoms. The highest BCUT2D eigenvalue weighted by atomic mass is 16.1. The van der Waals surface area contributed by atoms with Crippen LogP contribution in [0.1, 0.15) is 19.5 Å². The van der Waals surface area contributed by atoms with E-state index in [4.69, 9.17) is 11.5 Å². The number of hydrogen-bond acceptors (Lipinski definition) is 4. The van der Waals surface area contributed by atoms with Gasteiger partial charge in [0.2, 0.25) is 5.91 Å². The number of rotatable bonds is 4. The number of carbonyl (C=O) groups excluding carboxylic acids is 1. The molecule has 0 radical (unpaired) electrons. The smallest absolute Gasteiger partial charge is 0.239 e.